The van der Waals surface area contributed by atoms with Gasteiger partial charge in [-0.3, -0.25) is 0 Å². The minimum atomic E-state index is 0.0792. The lowest BCUT2D eigenvalue weighted by Gasteiger charge is -2.40. The van der Waals surface area contributed by atoms with Crippen LogP contribution in [0.25, 0.3) is 0 Å². The summed E-state index contributed by atoms with van der Waals surface area (Å²) in [4.78, 5) is 0. The van der Waals surface area contributed by atoms with Crippen LogP contribution in [0.1, 0.15) is 45.4 Å². The Hall–Kier alpha value is 0.400. The predicted molar refractivity (Wildman–Crippen MR) is 66.7 cm³/mol. The van der Waals surface area contributed by atoms with Crippen LogP contribution in [0, 0.1) is 0 Å². The Morgan fingerprint density at radius 2 is 2.00 bits per heavy atom. The average molecular weight is 279 g/mol. The van der Waals surface area contributed by atoms with Gasteiger partial charge in [0, 0.05) is 18.4 Å². The van der Waals surface area contributed by atoms with Crippen LogP contribution in [0.2, 0.25) is 0 Å². The summed E-state index contributed by atoms with van der Waals surface area (Å²) in [7, 11) is 0. The first-order valence-corrected chi connectivity index (χ1v) is 7.23. The molecular formula is C12H23BrO2. The van der Waals surface area contributed by atoms with E-state index in [9.17, 15) is 0 Å². The smallest absolute Gasteiger partial charge is 0.0934 e. The van der Waals surface area contributed by atoms with Gasteiger partial charge < -0.3 is 9.47 Å². The van der Waals surface area contributed by atoms with Gasteiger partial charge in [0.05, 0.1) is 18.8 Å². The van der Waals surface area contributed by atoms with Crippen molar-refractivity contribution in [3.8, 4) is 0 Å². The molecule has 3 heteroatoms. The third-order valence-electron chi connectivity index (χ3n) is 3.15. The van der Waals surface area contributed by atoms with Crippen molar-refractivity contribution in [3.05, 3.63) is 0 Å². The molecule has 1 atom stereocenters. The molecule has 1 heterocycles. The highest BCUT2D eigenvalue weighted by molar-refractivity contribution is 9.09. The number of alkyl halides is 1. The van der Waals surface area contributed by atoms with E-state index < -0.39 is 0 Å². The highest BCUT2D eigenvalue weighted by atomic mass is 79.9. The van der Waals surface area contributed by atoms with Crippen LogP contribution < -0.4 is 0 Å². The summed E-state index contributed by atoms with van der Waals surface area (Å²) >= 11 is 3.44. The Morgan fingerprint density at radius 1 is 1.27 bits per heavy atom. The van der Waals surface area contributed by atoms with Gasteiger partial charge >= 0.3 is 0 Å². The molecule has 0 aliphatic carbocycles. The molecule has 1 rings (SSSR count). The van der Waals surface area contributed by atoms with Crippen molar-refractivity contribution in [2.24, 2.45) is 0 Å². The summed E-state index contributed by atoms with van der Waals surface area (Å²) in [5.74, 6) is 0. The van der Waals surface area contributed by atoms with Crippen molar-refractivity contribution in [1.29, 1.82) is 0 Å². The van der Waals surface area contributed by atoms with Crippen LogP contribution in [0.3, 0.4) is 0 Å². The number of hydrogen-bond donors (Lipinski definition) is 0. The molecule has 0 spiro atoms. The zero-order valence-electron chi connectivity index (χ0n) is 9.77. The third-order valence-corrected chi connectivity index (χ3v) is 3.71. The van der Waals surface area contributed by atoms with E-state index in [-0.39, 0.29) is 5.60 Å². The molecule has 15 heavy (non-hydrogen) atoms. The highest BCUT2D eigenvalue weighted by Gasteiger charge is 2.36. The first-order chi connectivity index (χ1) is 7.33. The Bertz CT molecular complexity index is 152. The molecule has 1 saturated heterocycles. The second kappa shape index (κ2) is 7.64. The van der Waals surface area contributed by atoms with Crippen LogP contribution in [-0.2, 0) is 9.47 Å². The standard InChI is InChI=1S/C12H23BrO2/c1-2-12(7-10-15-12)11-14-9-6-4-3-5-8-13/h2-11H2,1H3. The molecule has 0 bridgehead atoms. The van der Waals surface area contributed by atoms with E-state index in [0.717, 1.165) is 31.6 Å². The van der Waals surface area contributed by atoms with Gasteiger partial charge in [0.2, 0.25) is 0 Å². The SMILES string of the molecule is CCC1(COCCCCCCBr)CCO1. The number of unbranched alkanes of at least 4 members (excludes halogenated alkanes) is 3. The molecule has 0 aromatic carbocycles. The number of rotatable bonds is 9. The van der Waals surface area contributed by atoms with Crippen molar-refractivity contribution in [1.82, 2.24) is 0 Å². The molecule has 90 valence electrons. The van der Waals surface area contributed by atoms with Gasteiger partial charge in [-0.05, 0) is 19.3 Å². The number of ether oxygens (including phenoxy) is 2. The fraction of sp³-hybridized carbons (Fsp3) is 1.00. The fourth-order valence-corrected chi connectivity index (χ4v) is 2.19. The van der Waals surface area contributed by atoms with Crippen LogP contribution in [0.15, 0.2) is 0 Å². The Labute approximate surface area is 102 Å². The largest absolute Gasteiger partial charge is 0.378 e. The molecule has 2 nitrogen and oxygen atoms in total. The molecule has 1 aliphatic rings. The van der Waals surface area contributed by atoms with Gasteiger partial charge in [-0.15, -0.1) is 0 Å². The molecule has 0 aromatic heterocycles. The normalized spacial score (nSPS) is 25.2. The fourth-order valence-electron chi connectivity index (χ4n) is 1.80. The van der Waals surface area contributed by atoms with E-state index in [0.29, 0.717) is 0 Å². The summed E-state index contributed by atoms with van der Waals surface area (Å²) in [5.41, 5.74) is 0.0792. The van der Waals surface area contributed by atoms with E-state index in [1.165, 1.54) is 32.1 Å². The van der Waals surface area contributed by atoms with Crippen molar-refractivity contribution in [2.75, 3.05) is 25.2 Å². The molecule has 1 unspecified atom stereocenters. The second-order valence-electron chi connectivity index (χ2n) is 4.29. The molecular weight excluding hydrogens is 256 g/mol. The summed E-state index contributed by atoms with van der Waals surface area (Å²) in [6, 6.07) is 0. The minimum Gasteiger partial charge on any atom is -0.378 e. The van der Waals surface area contributed by atoms with Crippen molar-refractivity contribution >= 4 is 15.9 Å². The maximum atomic E-state index is 5.68. The third kappa shape index (κ3) is 4.83. The quantitative estimate of drug-likeness (QED) is 0.475. The van der Waals surface area contributed by atoms with Crippen LogP contribution in [-0.4, -0.2) is 30.8 Å². The van der Waals surface area contributed by atoms with Gasteiger partial charge in [0.25, 0.3) is 0 Å². The Balaban J connectivity index is 1.88. The van der Waals surface area contributed by atoms with Gasteiger partial charge in [-0.1, -0.05) is 35.7 Å². The first kappa shape index (κ1) is 13.5. The molecule has 1 aliphatic heterocycles. The molecule has 0 radical (unpaired) electrons. The van der Waals surface area contributed by atoms with E-state index in [2.05, 4.69) is 22.9 Å². The summed E-state index contributed by atoms with van der Waals surface area (Å²) in [5, 5.41) is 1.13. The van der Waals surface area contributed by atoms with Crippen molar-refractivity contribution in [3.63, 3.8) is 0 Å². The van der Waals surface area contributed by atoms with Crippen molar-refractivity contribution < 1.29 is 9.47 Å². The van der Waals surface area contributed by atoms with Gasteiger partial charge in [-0.25, -0.2) is 0 Å². The minimum absolute atomic E-state index is 0.0792. The summed E-state index contributed by atoms with van der Waals surface area (Å²) in [6.45, 7) is 4.79. The lowest BCUT2D eigenvalue weighted by Crippen LogP contribution is -2.47. The number of hydrogen-bond acceptors (Lipinski definition) is 2. The van der Waals surface area contributed by atoms with E-state index >= 15 is 0 Å². The van der Waals surface area contributed by atoms with Crippen molar-refractivity contribution in [2.45, 2.75) is 51.0 Å². The second-order valence-corrected chi connectivity index (χ2v) is 5.08. The number of halogens is 1. The molecule has 0 saturated carbocycles. The topological polar surface area (TPSA) is 18.5 Å². The lowest BCUT2D eigenvalue weighted by molar-refractivity contribution is -0.182. The van der Waals surface area contributed by atoms with Gasteiger partial charge in [0.1, 0.15) is 0 Å². The maximum Gasteiger partial charge on any atom is 0.0934 e. The van der Waals surface area contributed by atoms with Gasteiger partial charge in [-0.2, -0.15) is 0 Å². The van der Waals surface area contributed by atoms with E-state index in [4.69, 9.17) is 9.47 Å². The lowest BCUT2D eigenvalue weighted by atomic mass is 9.93. The average Bonchev–Trinajstić information content (AvgIpc) is 2.20. The summed E-state index contributed by atoms with van der Waals surface area (Å²) < 4.78 is 11.3. The predicted octanol–water partition coefficient (Wildman–Crippen LogP) is 3.53. The summed E-state index contributed by atoms with van der Waals surface area (Å²) in [6.07, 6.45) is 7.31. The monoisotopic (exact) mass is 278 g/mol. The Morgan fingerprint density at radius 3 is 2.53 bits per heavy atom. The van der Waals surface area contributed by atoms with E-state index in [1.807, 2.05) is 0 Å². The molecule has 0 amide bonds. The van der Waals surface area contributed by atoms with E-state index in [1.54, 1.807) is 0 Å². The molecule has 0 aromatic rings. The molecule has 1 fully saturated rings. The maximum absolute atomic E-state index is 5.68. The van der Waals surface area contributed by atoms with Crippen LogP contribution in [0.4, 0.5) is 0 Å². The zero-order valence-corrected chi connectivity index (χ0v) is 11.4. The van der Waals surface area contributed by atoms with Gasteiger partial charge in [0.15, 0.2) is 0 Å². The Kier molecular flexibility index (Phi) is 6.86. The van der Waals surface area contributed by atoms with Crippen LogP contribution in [0.5, 0.6) is 0 Å². The van der Waals surface area contributed by atoms with Crippen LogP contribution >= 0.6 is 15.9 Å². The first-order valence-electron chi connectivity index (χ1n) is 6.11. The molecule has 0 N–H and O–H groups in total. The zero-order chi connectivity index (χ0) is 11.0. The highest BCUT2D eigenvalue weighted by Crippen LogP contribution is 2.29.